The second-order valence-electron chi connectivity index (χ2n) is 3.92. The van der Waals surface area contributed by atoms with E-state index in [1.807, 2.05) is 0 Å². The Labute approximate surface area is 128 Å². The molecule has 0 saturated heterocycles. The molecule has 0 aliphatic rings. The van der Waals surface area contributed by atoms with Gasteiger partial charge in [0.15, 0.2) is 0 Å². The number of hydrogen-bond donors (Lipinski definition) is 1. The number of hydrogen-bond acceptors (Lipinski definition) is 7. The fraction of sp³-hybridized carbons (Fsp3) is 0.833. The van der Waals surface area contributed by atoms with Crippen LogP contribution < -0.4 is 5.32 Å². The van der Waals surface area contributed by atoms with Crippen molar-refractivity contribution in [1.82, 2.24) is 5.32 Å². The lowest BCUT2D eigenvalue weighted by atomic mass is 10.1. The van der Waals surface area contributed by atoms with Crippen molar-refractivity contribution in [2.45, 2.75) is 32.7 Å². The van der Waals surface area contributed by atoms with E-state index in [9.17, 15) is 9.13 Å². The zero-order chi connectivity index (χ0) is 15.9. The molecular formula is C12H25NO6P2+2. The number of nitrogens with one attached hydrogen (secondary N) is 1. The van der Waals surface area contributed by atoms with Crippen molar-refractivity contribution in [3.63, 3.8) is 0 Å². The normalized spacial score (nSPS) is 13.8. The average molecular weight is 341 g/mol. The van der Waals surface area contributed by atoms with Crippen LogP contribution in [-0.2, 0) is 27.2 Å². The minimum atomic E-state index is -2.05. The summed E-state index contributed by atoms with van der Waals surface area (Å²) < 4.78 is 42.1. The third-order valence-electron chi connectivity index (χ3n) is 2.35. The third-order valence-corrected chi connectivity index (χ3v) is 4.07. The van der Waals surface area contributed by atoms with E-state index in [0.717, 1.165) is 0 Å². The molecule has 0 rings (SSSR count). The highest BCUT2D eigenvalue weighted by Crippen LogP contribution is 2.25. The van der Waals surface area contributed by atoms with Gasteiger partial charge in [0.2, 0.25) is 0 Å². The molecule has 0 aromatic carbocycles. The summed E-state index contributed by atoms with van der Waals surface area (Å²) in [5.74, 6) is 0. The van der Waals surface area contributed by atoms with E-state index in [1.165, 1.54) is 0 Å². The lowest BCUT2D eigenvalue weighted by molar-refractivity contribution is 0.204. The fourth-order valence-corrected chi connectivity index (χ4v) is 2.50. The van der Waals surface area contributed by atoms with Crippen molar-refractivity contribution in [2.75, 3.05) is 33.0 Å². The van der Waals surface area contributed by atoms with Crippen LogP contribution in [0.4, 0.5) is 0 Å². The maximum absolute atomic E-state index is 11.2. The quantitative estimate of drug-likeness (QED) is 0.361. The lowest BCUT2D eigenvalue weighted by Gasteiger charge is -2.14. The van der Waals surface area contributed by atoms with Gasteiger partial charge in [0.05, 0.1) is 0 Å². The van der Waals surface area contributed by atoms with E-state index < -0.39 is 16.5 Å². The van der Waals surface area contributed by atoms with Crippen LogP contribution in [0.2, 0.25) is 0 Å². The molecule has 0 amide bonds. The Hall–Kier alpha value is -0.260. The van der Waals surface area contributed by atoms with Gasteiger partial charge < -0.3 is 5.32 Å². The van der Waals surface area contributed by atoms with Crippen LogP contribution in [0.5, 0.6) is 0 Å². The summed E-state index contributed by atoms with van der Waals surface area (Å²) in [6.45, 7) is 9.10. The van der Waals surface area contributed by atoms with Crippen molar-refractivity contribution in [1.29, 1.82) is 0 Å². The van der Waals surface area contributed by atoms with Gasteiger partial charge in [-0.05, 0) is 26.7 Å². The van der Waals surface area contributed by atoms with Crippen molar-refractivity contribution < 1.29 is 27.2 Å². The molecule has 0 aliphatic carbocycles. The summed E-state index contributed by atoms with van der Waals surface area (Å²) in [5.41, 5.74) is 0. The summed E-state index contributed by atoms with van der Waals surface area (Å²) >= 11 is 0. The van der Waals surface area contributed by atoms with Gasteiger partial charge in [-0.2, -0.15) is 0 Å². The van der Waals surface area contributed by atoms with Gasteiger partial charge in [-0.25, -0.2) is 0 Å². The maximum atomic E-state index is 11.2. The average Bonchev–Trinajstić information content (AvgIpc) is 2.44. The molecule has 21 heavy (non-hydrogen) atoms. The molecule has 0 heterocycles. The summed E-state index contributed by atoms with van der Waals surface area (Å²) in [6, 6.07) is 0.0815. The minimum absolute atomic E-state index is 0.0815. The van der Waals surface area contributed by atoms with Crippen LogP contribution >= 0.6 is 16.5 Å². The van der Waals surface area contributed by atoms with Gasteiger partial charge in [0, 0.05) is 21.7 Å². The smallest absolute Gasteiger partial charge is 0.310 e. The van der Waals surface area contributed by atoms with Gasteiger partial charge in [0.1, 0.15) is 26.4 Å². The zero-order valence-corrected chi connectivity index (χ0v) is 14.4. The van der Waals surface area contributed by atoms with Crippen LogP contribution in [0.1, 0.15) is 26.7 Å². The van der Waals surface area contributed by atoms with Crippen molar-refractivity contribution >= 4 is 16.5 Å². The molecule has 0 aliphatic heterocycles. The van der Waals surface area contributed by atoms with E-state index in [4.69, 9.17) is 18.1 Å². The van der Waals surface area contributed by atoms with Crippen LogP contribution in [0.25, 0.3) is 0 Å². The lowest BCUT2D eigenvalue weighted by Crippen LogP contribution is -2.31. The van der Waals surface area contributed by atoms with Crippen molar-refractivity contribution in [3.8, 4) is 0 Å². The molecule has 7 nitrogen and oxygen atoms in total. The summed E-state index contributed by atoms with van der Waals surface area (Å²) in [4.78, 5) is 0. The first kappa shape index (κ1) is 20.7. The Morgan fingerprint density at radius 1 is 1.00 bits per heavy atom. The fourth-order valence-electron chi connectivity index (χ4n) is 1.42. The first-order valence-electron chi connectivity index (χ1n) is 6.94. The molecule has 2 unspecified atom stereocenters. The molecule has 0 spiro atoms. The van der Waals surface area contributed by atoms with Crippen LogP contribution in [0.15, 0.2) is 12.7 Å². The van der Waals surface area contributed by atoms with Gasteiger partial charge in [-0.15, -0.1) is 24.7 Å². The Balaban J connectivity index is 3.93. The molecular weight excluding hydrogens is 316 g/mol. The first-order chi connectivity index (χ1) is 10.1. The molecule has 0 fully saturated rings. The molecule has 0 radical (unpaired) electrons. The molecule has 0 saturated carbocycles. The van der Waals surface area contributed by atoms with E-state index in [-0.39, 0.29) is 6.04 Å². The first-order valence-corrected chi connectivity index (χ1v) is 9.13. The summed E-state index contributed by atoms with van der Waals surface area (Å²) in [7, 11) is -4.10. The van der Waals surface area contributed by atoms with Crippen molar-refractivity contribution in [2.24, 2.45) is 0 Å². The standard InChI is InChI=1S/C12H25NO6P2/c1-4-9-13-12(7-10-18-20(14)16-5-2)8-11-19-21(15)17-6-3/h4,12-13H,1,5-11H2,2-3H3/q+2. The molecule has 0 aromatic rings. The molecule has 0 bridgehead atoms. The molecule has 1 N–H and O–H groups in total. The second-order valence-corrected chi connectivity index (χ2v) is 5.85. The Bertz CT molecular complexity index is 292. The monoisotopic (exact) mass is 341 g/mol. The zero-order valence-electron chi connectivity index (χ0n) is 12.7. The van der Waals surface area contributed by atoms with E-state index in [1.54, 1.807) is 19.9 Å². The highest BCUT2D eigenvalue weighted by Gasteiger charge is 2.22. The molecule has 0 aromatic heterocycles. The van der Waals surface area contributed by atoms with Gasteiger partial charge in [-0.1, -0.05) is 6.08 Å². The Kier molecular flexibility index (Phi) is 14.5. The third kappa shape index (κ3) is 13.1. The minimum Gasteiger partial charge on any atom is -0.310 e. The Morgan fingerprint density at radius 3 is 1.86 bits per heavy atom. The van der Waals surface area contributed by atoms with Crippen LogP contribution in [0.3, 0.4) is 0 Å². The van der Waals surface area contributed by atoms with Gasteiger partial charge >= 0.3 is 16.5 Å². The SMILES string of the molecule is C=CCNC(CCO[P+](=O)OCC)CCO[P+](=O)OCC. The van der Waals surface area contributed by atoms with E-state index >= 15 is 0 Å². The van der Waals surface area contributed by atoms with E-state index in [0.29, 0.717) is 45.8 Å². The highest BCUT2D eigenvalue weighted by molar-refractivity contribution is 7.33. The molecule has 2 atom stereocenters. The second kappa shape index (κ2) is 14.7. The largest absolute Gasteiger partial charge is 0.697 e. The summed E-state index contributed by atoms with van der Waals surface area (Å²) in [6.07, 6.45) is 3.02. The maximum Gasteiger partial charge on any atom is 0.697 e. The van der Waals surface area contributed by atoms with Gasteiger partial charge in [0.25, 0.3) is 0 Å². The van der Waals surface area contributed by atoms with Gasteiger partial charge in [-0.3, -0.25) is 0 Å². The highest BCUT2D eigenvalue weighted by atomic mass is 31.1. The predicted octanol–water partition coefficient (Wildman–Crippen LogP) is 3.33. The Morgan fingerprint density at radius 2 is 1.48 bits per heavy atom. The predicted molar refractivity (Wildman–Crippen MR) is 81.6 cm³/mol. The van der Waals surface area contributed by atoms with E-state index in [2.05, 4.69) is 11.9 Å². The molecule has 9 heteroatoms. The van der Waals surface area contributed by atoms with Crippen molar-refractivity contribution in [3.05, 3.63) is 12.7 Å². The topological polar surface area (TPSA) is 83.1 Å². The van der Waals surface area contributed by atoms with Crippen LogP contribution in [0, 0.1) is 0 Å². The number of rotatable bonds is 15. The molecule has 122 valence electrons. The van der Waals surface area contributed by atoms with Crippen LogP contribution in [-0.4, -0.2) is 39.0 Å². The summed E-state index contributed by atoms with van der Waals surface area (Å²) in [5, 5.41) is 3.23.